The third-order valence-electron chi connectivity index (χ3n) is 3.96. The number of hydrogen-bond acceptors (Lipinski definition) is 3. The topological polar surface area (TPSA) is 72.9 Å². The lowest BCUT2D eigenvalue weighted by molar-refractivity contribution is -0.138. The summed E-state index contributed by atoms with van der Waals surface area (Å²) in [5.41, 5.74) is 0. The normalized spacial score (nSPS) is 20.6. The zero-order valence-electron chi connectivity index (χ0n) is 12.8. The first kappa shape index (κ1) is 16.8. The van der Waals surface area contributed by atoms with E-state index in [1.165, 1.54) is 0 Å². The van der Waals surface area contributed by atoms with Gasteiger partial charge in [-0.25, -0.2) is 4.79 Å². The number of carboxylic acid groups (broad SMARTS) is 1. The van der Waals surface area contributed by atoms with Gasteiger partial charge < -0.3 is 20.2 Å². The summed E-state index contributed by atoms with van der Waals surface area (Å²) in [4.78, 5) is 26.8. The minimum absolute atomic E-state index is 0.0195. The third kappa shape index (κ3) is 5.00. The largest absolute Gasteiger partial charge is 0.481 e. The molecule has 0 aromatic carbocycles. The van der Waals surface area contributed by atoms with E-state index in [4.69, 9.17) is 5.11 Å². The molecule has 2 atom stereocenters. The molecule has 0 aliphatic carbocycles. The average Bonchev–Trinajstić information content (AvgIpc) is 2.84. The summed E-state index contributed by atoms with van der Waals surface area (Å²) in [5, 5.41) is 11.7. The smallest absolute Gasteiger partial charge is 0.317 e. The molecule has 6 heteroatoms. The van der Waals surface area contributed by atoms with E-state index in [-0.39, 0.29) is 18.5 Å². The van der Waals surface area contributed by atoms with Crippen molar-refractivity contribution in [3.63, 3.8) is 0 Å². The van der Waals surface area contributed by atoms with Gasteiger partial charge in [-0.3, -0.25) is 4.79 Å². The van der Waals surface area contributed by atoms with Crippen LogP contribution in [0.25, 0.3) is 0 Å². The molecule has 2 unspecified atom stereocenters. The maximum absolute atomic E-state index is 12.1. The molecule has 116 valence electrons. The molecule has 1 saturated heterocycles. The van der Waals surface area contributed by atoms with Gasteiger partial charge in [0, 0.05) is 25.7 Å². The van der Waals surface area contributed by atoms with Crippen molar-refractivity contribution < 1.29 is 14.7 Å². The fraction of sp³-hybridized carbons (Fsp3) is 0.857. The SMILES string of the molecule is CCN1CCC(CNC(=O)N(CC)C(C)CC(=O)O)C1. The van der Waals surface area contributed by atoms with Crippen LogP contribution in [0.1, 0.15) is 33.6 Å². The van der Waals surface area contributed by atoms with Crippen molar-refractivity contribution >= 4 is 12.0 Å². The van der Waals surface area contributed by atoms with E-state index in [1.807, 2.05) is 6.92 Å². The number of likely N-dealkylation sites (tertiary alicyclic amines) is 1. The summed E-state index contributed by atoms with van der Waals surface area (Å²) in [6.07, 6.45) is 1.10. The highest BCUT2D eigenvalue weighted by Gasteiger charge is 2.24. The van der Waals surface area contributed by atoms with E-state index in [0.29, 0.717) is 19.0 Å². The number of hydrogen-bond donors (Lipinski definition) is 2. The van der Waals surface area contributed by atoms with Gasteiger partial charge in [0.2, 0.25) is 0 Å². The van der Waals surface area contributed by atoms with Crippen LogP contribution in [0, 0.1) is 5.92 Å². The highest BCUT2D eigenvalue weighted by atomic mass is 16.4. The molecule has 0 aromatic rings. The molecule has 1 heterocycles. The van der Waals surface area contributed by atoms with Crippen LogP contribution < -0.4 is 5.32 Å². The Morgan fingerprint density at radius 3 is 2.65 bits per heavy atom. The number of carboxylic acids is 1. The predicted octanol–water partition coefficient (Wildman–Crippen LogP) is 1.22. The summed E-state index contributed by atoms with van der Waals surface area (Å²) in [5.74, 6) is -0.370. The summed E-state index contributed by atoms with van der Waals surface area (Å²) < 4.78 is 0. The van der Waals surface area contributed by atoms with Crippen molar-refractivity contribution in [2.24, 2.45) is 5.92 Å². The number of aliphatic carboxylic acids is 1. The molecule has 20 heavy (non-hydrogen) atoms. The minimum Gasteiger partial charge on any atom is -0.481 e. The summed E-state index contributed by atoms with van der Waals surface area (Å²) in [6, 6.07) is -0.440. The molecule has 1 fully saturated rings. The van der Waals surface area contributed by atoms with E-state index in [2.05, 4.69) is 17.1 Å². The van der Waals surface area contributed by atoms with Crippen LogP contribution in [0.3, 0.4) is 0 Å². The van der Waals surface area contributed by atoms with Crippen LogP contribution in [0.4, 0.5) is 4.79 Å². The average molecular weight is 285 g/mol. The molecule has 1 aliphatic heterocycles. The van der Waals surface area contributed by atoms with Gasteiger partial charge in [0.05, 0.1) is 6.42 Å². The molecule has 1 rings (SSSR count). The van der Waals surface area contributed by atoms with E-state index in [0.717, 1.165) is 26.1 Å². The lowest BCUT2D eigenvalue weighted by Gasteiger charge is -2.27. The Bertz CT molecular complexity index is 336. The maximum Gasteiger partial charge on any atom is 0.317 e. The van der Waals surface area contributed by atoms with Crippen molar-refractivity contribution in [3.05, 3.63) is 0 Å². The zero-order valence-corrected chi connectivity index (χ0v) is 12.8. The van der Waals surface area contributed by atoms with Gasteiger partial charge >= 0.3 is 12.0 Å². The van der Waals surface area contributed by atoms with E-state index < -0.39 is 5.97 Å². The molecule has 0 spiro atoms. The quantitative estimate of drug-likeness (QED) is 0.738. The molecule has 6 nitrogen and oxygen atoms in total. The third-order valence-corrected chi connectivity index (χ3v) is 3.96. The van der Waals surface area contributed by atoms with Crippen LogP contribution in [-0.2, 0) is 4.79 Å². The van der Waals surface area contributed by atoms with E-state index in [1.54, 1.807) is 11.8 Å². The number of carbonyl (C=O) groups excluding carboxylic acids is 1. The van der Waals surface area contributed by atoms with Gasteiger partial charge in [-0.1, -0.05) is 6.92 Å². The second-order valence-electron chi connectivity index (χ2n) is 5.47. The van der Waals surface area contributed by atoms with Gasteiger partial charge in [-0.15, -0.1) is 0 Å². The Morgan fingerprint density at radius 1 is 1.45 bits per heavy atom. The van der Waals surface area contributed by atoms with Gasteiger partial charge in [-0.2, -0.15) is 0 Å². The lowest BCUT2D eigenvalue weighted by Crippen LogP contribution is -2.47. The molecular weight excluding hydrogens is 258 g/mol. The Morgan fingerprint density at radius 2 is 2.15 bits per heavy atom. The first-order valence-electron chi connectivity index (χ1n) is 7.46. The van der Waals surface area contributed by atoms with Crippen molar-refractivity contribution in [1.82, 2.24) is 15.1 Å². The molecular formula is C14H27N3O3. The minimum atomic E-state index is -0.877. The second-order valence-corrected chi connectivity index (χ2v) is 5.47. The summed E-state index contributed by atoms with van der Waals surface area (Å²) >= 11 is 0. The van der Waals surface area contributed by atoms with Crippen molar-refractivity contribution in [2.75, 3.05) is 32.7 Å². The monoisotopic (exact) mass is 285 g/mol. The first-order valence-corrected chi connectivity index (χ1v) is 7.46. The van der Waals surface area contributed by atoms with Crippen LogP contribution in [0.15, 0.2) is 0 Å². The molecule has 2 amide bonds. The highest BCUT2D eigenvalue weighted by molar-refractivity contribution is 5.75. The Hall–Kier alpha value is -1.30. The van der Waals surface area contributed by atoms with Crippen LogP contribution in [-0.4, -0.2) is 65.7 Å². The highest BCUT2D eigenvalue weighted by Crippen LogP contribution is 2.14. The molecule has 0 radical (unpaired) electrons. The van der Waals surface area contributed by atoms with Gasteiger partial charge in [0.15, 0.2) is 0 Å². The summed E-state index contributed by atoms with van der Waals surface area (Å²) in [6.45, 7) is 10.2. The number of urea groups is 1. The van der Waals surface area contributed by atoms with E-state index in [9.17, 15) is 9.59 Å². The van der Waals surface area contributed by atoms with Crippen molar-refractivity contribution in [2.45, 2.75) is 39.7 Å². The number of rotatable bonds is 7. The van der Waals surface area contributed by atoms with Crippen LogP contribution in [0.2, 0.25) is 0 Å². The summed E-state index contributed by atoms with van der Waals surface area (Å²) in [7, 11) is 0. The Kier molecular flexibility index (Phi) is 6.78. The zero-order chi connectivity index (χ0) is 15.1. The fourth-order valence-electron chi connectivity index (χ4n) is 2.72. The lowest BCUT2D eigenvalue weighted by atomic mass is 10.1. The standard InChI is InChI=1S/C14H27N3O3/c1-4-16-7-6-12(10-16)9-15-14(20)17(5-2)11(3)8-13(18)19/h11-12H,4-10H2,1-3H3,(H,15,20)(H,18,19). The first-order chi connectivity index (χ1) is 9.47. The molecule has 1 aliphatic rings. The molecule has 0 aromatic heterocycles. The molecule has 0 saturated carbocycles. The van der Waals surface area contributed by atoms with E-state index >= 15 is 0 Å². The van der Waals surface area contributed by atoms with Crippen molar-refractivity contribution in [3.8, 4) is 0 Å². The second kappa shape index (κ2) is 8.09. The molecule has 2 N–H and O–H groups in total. The number of amides is 2. The van der Waals surface area contributed by atoms with Gasteiger partial charge in [0.25, 0.3) is 0 Å². The number of nitrogens with one attached hydrogen (secondary N) is 1. The Balaban J connectivity index is 2.38. The van der Waals surface area contributed by atoms with Crippen LogP contribution in [0.5, 0.6) is 0 Å². The van der Waals surface area contributed by atoms with Crippen molar-refractivity contribution in [1.29, 1.82) is 0 Å². The number of nitrogens with zero attached hydrogens (tertiary/aromatic N) is 2. The Labute approximate surface area is 121 Å². The van der Waals surface area contributed by atoms with Gasteiger partial charge in [-0.05, 0) is 39.3 Å². The predicted molar refractivity (Wildman–Crippen MR) is 77.7 cm³/mol. The van der Waals surface area contributed by atoms with Crippen LogP contribution >= 0.6 is 0 Å². The number of carbonyl (C=O) groups is 2. The maximum atomic E-state index is 12.1. The fourth-order valence-corrected chi connectivity index (χ4v) is 2.72. The van der Waals surface area contributed by atoms with Gasteiger partial charge in [0.1, 0.15) is 0 Å². The molecule has 0 bridgehead atoms.